The van der Waals surface area contributed by atoms with Crippen LogP contribution in [0.3, 0.4) is 0 Å². The molecule has 0 bridgehead atoms. The van der Waals surface area contributed by atoms with Crippen molar-refractivity contribution in [3.05, 3.63) is 66.2 Å². The van der Waals surface area contributed by atoms with Crippen molar-refractivity contribution >= 4 is 60.2 Å². The highest BCUT2D eigenvalue weighted by molar-refractivity contribution is 8.12. The summed E-state index contributed by atoms with van der Waals surface area (Å²) >= 11 is 0. The molecule has 0 aliphatic rings. The number of hydrogen-bond acceptors (Lipinski definition) is 2. The molecule has 0 N–H and O–H groups in total. The summed E-state index contributed by atoms with van der Waals surface area (Å²) in [6, 6.07) is 18.7. The Hall–Kier alpha value is -0.919. The van der Waals surface area contributed by atoms with Gasteiger partial charge in [-0.25, -0.2) is 0 Å². The summed E-state index contributed by atoms with van der Waals surface area (Å²) < 4.78 is 0. The van der Waals surface area contributed by atoms with E-state index < -0.39 is 43.6 Å². The number of benzene rings is 2. The Labute approximate surface area is 254 Å². The van der Waals surface area contributed by atoms with Crippen LogP contribution in [0.5, 0.6) is 0 Å². The normalized spacial score (nSPS) is 14.6. The summed E-state index contributed by atoms with van der Waals surface area (Å²) in [7, 11) is 1.91. The fourth-order valence-corrected chi connectivity index (χ4v) is 242. The number of hydrogen-bond donors (Lipinski definition) is 0. The lowest BCUT2D eigenvalue weighted by atomic mass is 10.1. The van der Waals surface area contributed by atoms with E-state index >= 15 is 0 Å². The molecule has 0 aromatic heterocycles. The highest BCUT2D eigenvalue weighted by Crippen LogP contribution is 2.57. The van der Waals surface area contributed by atoms with Gasteiger partial charge in [0.1, 0.15) is 0 Å². The van der Waals surface area contributed by atoms with Crippen LogP contribution >= 0.6 is 0 Å². The van der Waals surface area contributed by atoms with Crippen molar-refractivity contribution in [2.75, 3.05) is 38.0 Å². The van der Waals surface area contributed by atoms with Crippen LogP contribution in [0.15, 0.2) is 55.1 Å². The number of para-hydroxylation sites is 2. The van der Waals surface area contributed by atoms with Gasteiger partial charge in [0.15, 0.2) is 0 Å². The van der Waals surface area contributed by atoms with Gasteiger partial charge in [-0.3, -0.25) is 0 Å². The van der Waals surface area contributed by atoms with Gasteiger partial charge < -0.3 is 9.80 Å². The number of nitrogens with zero attached hydrogens (tertiary/aromatic N) is 2. The van der Waals surface area contributed by atoms with Crippen LogP contribution < -0.4 is 9.80 Å². The Kier molecular flexibility index (Phi) is 10.3. The topological polar surface area (TPSA) is 6.48 Å². The maximum Gasteiger partial charge on any atom is 0.0654 e. The minimum Gasteiger partial charge on any atom is -0.377 e. The fourth-order valence-electron chi connectivity index (χ4n) is 10.1. The number of rotatable bonds is 11. The van der Waals surface area contributed by atoms with Crippen molar-refractivity contribution in [2.24, 2.45) is 0 Å². The van der Waals surface area contributed by atoms with Crippen molar-refractivity contribution < 1.29 is 0 Å². The van der Waals surface area contributed by atoms with E-state index in [-0.39, 0.29) is 0 Å². The highest BCUT2D eigenvalue weighted by atomic mass is 30.2. The maximum atomic E-state index is 5.37. The summed E-state index contributed by atoms with van der Waals surface area (Å²) in [6.45, 7) is 37.4. The van der Waals surface area contributed by atoms with Crippen molar-refractivity contribution in [3.63, 3.8) is 0 Å². The van der Waals surface area contributed by atoms with Crippen molar-refractivity contribution in [2.45, 2.75) is 91.0 Å². The minimum absolute atomic E-state index is 0.609. The van der Waals surface area contributed by atoms with Gasteiger partial charge >= 0.3 is 0 Å². The standard InChI is InChI=1S/C32H62N2Si6/c1-27(29-23-19-21-25-31(29)33(3)4)39(35(7,8)9,36(10,11)12)40(37(13,14)15,38(16,17)18)28(2)30-24-20-22-26-32(30)34(5)6/h19-26,28H,1H2,2-18H3. The minimum atomic E-state index is -2.17. The predicted octanol–water partition coefficient (Wildman–Crippen LogP) is 9.36. The summed E-state index contributed by atoms with van der Waals surface area (Å²) in [5.41, 5.74) is 6.47. The van der Waals surface area contributed by atoms with E-state index in [1.54, 1.807) is 10.8 Å². The Balaban J connectivity index is 3.39. The third-order valence-electron chi connectivity index (χ3n) is 9.91. The van der Waals surface area contributed by atoms with Crippen LogP contribution in [0.4, 0.5) is 11.4 Å². The van der Waals surface area contributed by atoms with Gasteiger partial charge in [0.25, 0.3) is 0 Å². The lowest BCUT2D eigenvalue weighted by molar-refractivity contribution is 1.01. The van der Waals surface area contributed by atoms with E-state index in [9.17, 15) is 0 Å². The molecule has 2 aromatic rings. The molecule has 224 valence electrons. The van der Waals surface area contributed by atoms with Crippen LogP contribution in [0, 0.1) is 0 Å². The highest BCUT2D eigenvalue weighted by Gasteiger charge is 2.77. The SMILES string of the molecule is C=C(c1ccccc1N(C)C)[Si]([Si](C)(C)C)([Si](C)(C)C)[Si](C(C)c1ccccc1N(C)C)([Si](C)(C)C)[Si](C)(C)C. The van der Waals surface area contributed by atoms with E-state index in [4.69, 9.17) is 6.58 Å². The van der Waals surface area contributed by atoms with Crippen LogP contribution in [-0.2, 0) is 0 Å². The molecule has 0 saturated heterocycles. The van der Waals surface area contributed by atoms with E-state index in [0.717, 1.165) is 0 Å². The molecular formula is C32H62N2Si6. The van der Waals surface area contributed by atoms with E-state index in [1.165, 1.54) is 16.9 Å². The summed E-state index contributed by atoms with van der Waals surface area (Å²) in [4.78, 5) is 4.72. The molecule has 2 nitrogen and oxygen atoms in total. The zero-order chi connectivity index (χ0) is 31.3. The second-order valence-electron chi connectivity index (χ2n) is 16.6. The third-order valence-corrected chi connectivity index (χ3v) is 138. The van der Waals surface area contributed by atoms with E-state index in [2.05, 4.69) is 172 Å². The lowest BCUT2D eigenvalue weighted by Gasteiger charge is -2.71. The number of anilines is 2. The van der Waals surface area contributed by atoms with Gasteiger partial charge in [-0.1, -0.05) is 134 Å². The largest absolute Gasteiger partial charge is 0.377 e. The molecule has 8 heteroatoms. The smallest absolute Gasteiger partial charge is 0.0654 e. The zero-order valence-corrected chi connectivity index (χ0v) is 35.3. The Morgan fingerprint density at radius 3 is 1.32 bits per heavy atom. The molecule has 0 aliphatic carbocycles. The Morgan fingerprint density at radius 1 is 0.575 bits per heavy atom. The predicted molar refractivity (Wildman–Crippen MR) is 204 cm³/mol. The first-order valence-corrected chi connectivity index (χ1v) is 38.2. The van der Waals surface area contributed by atoms with Crippen LogP contribution in [0.2, 0.25) is 78.6 Å². The molecule has 0 spiro atoms. The van der Waals surface area contributed by atoms with Gasteiger partial charge in [-0.05, 0) is 28.8 Å². The van der Waals surface area contributed by atoms with Gasteiger partial charge in [-0.2, -0.15) is 0 Å². The molecule has 0 radical (unpaired) electrons. The zero-order valence-electron chi connectivity index (χ0n) is 29.3. The second kappa shape index (κ2) is 11.6. The Bertz CT molecular complexity index is 1170. The Morgan fingerprint density at radius 2 is 0.950 bits per heavy atom. The molecule has 1 atom stereocenters. The fraction of sp³-hybridized carbons (Fsp3) is 0.562. The van der Waals surface area contributed by atoms with Crippen LogP contribution in [-0.4, -0.2) is 71.8 Å². The van der Waals surface area contributed by atoms with Gasteiger partial charge in [-0.15, -0.1) is 0 Å². The van der Waals surface area contributed by atoms with E-state index in [0.29, 0.717) is 5.54 Å². The first kappa shape index (κ1) is 35.3. The maximum absolute atomic E-state index is 5.37. The molecule has 0 amide bonds. The van der Waals surface area contributed by atoms with Crippen LogP contribution in [0.25, 0.3) is 5.20 Å². The van der Waals surface area contributed by atoms with Gasteiger partial charge in [0.05, 0.1) is 6.63 Å². The first-order chi connectivity index (χ1) is 17.9. The average molecular weight is 643 g/mol. The monoisotopic (exact) mass is 642 g/mol. The van der Waals surface area contributed by atoms with Crippen molar-refractivity contribution in [3.8, 4) is 0 Å². The molecule has 1 unspecified atom stereocenters. The van der Waals surface area contributed by atoms with E-state index in [1.807, 2.05) is 0 Å². The molecular weight excluding hydrogens is 581 g/mol. The molecule has 2 rings (SSSR count). The van der Waals surface area contributed by atoms with Gasteiger partial charge in [0, 0.05) is 76.6 Å². The van der Waals surface area contributed by atoms with Crippen molar-refractivity contribution in [1.82, 2.24) is 0 Å². The quantitative estimate of drug-likeness (QED) is 0.225. The first-order valence-electron chi connectivity index (χ1n) is 15.1. The summed E-state index contributed by atoms with van der Waals surface area (Å²) in [6.07, 6.45) is 0. The molecule has 40 heavy (non-hydrogen) atoms. The molecule has 0 heterocycles. The lowest BCUT2D eigenvalue weighted by Crippen LogP contribution is -2.98. The van der Waals surface area contributed by atoms with Crippen LogP contribution in [0.1, 0.15) is 23.6 Å². The average Bonchev–Trinajstić information content (AvgIpc) is 2.78. The third kappa shape index (κ3) is 5.45. The summed E-state index contributed by atoms with van der Waals surface area (Å²) in [5, 5.41) is 1.64. The van der Waals surface area contributed by atoms with Gasteiger partial charge in [0.2, 0.25) is 0 Å². The molecule has 0 saturated carbocycles. The molecule has 0 aliphatic heterocycles. The summed E-state index contributed by atoms with van der Waals surface area (Å²) in [5.74, 6) is 0. The molecule has 0 fully saturated rings. The molecule has 2 aromatic carbocycles. The second-order valence-corrected chi connectivity index (χ2v) is 80.1. The van der Waals surface area contributed by atoms with Crippen molar-refractivity contribution in [1.29, 1.82) is 0 Å².